The van der Waals surface area contributed by atoms with Crippen LogP contribution in [0.1, 0.15) is 12.8 Å². The van der Waals surface area contributed by atoms with Gasteiger partial charge in [0.2, 0.25) is 5.91 Å². The van der Waals surface area contributed by atoms with Crippen molar-refractivity contribution < 1.29 is 14.7 Å². The number of carbonyl (C=O) groups is 2. The Labute approximate surface area is 105 Å². The van der Waals surface area contributed by atoms with Gasteiger partial charge in [-0.25, -0.2) is 4.79 Å². The lowest BCUT2D eigenvalue weighted by Gasteiger charge is -2.31. The van der Waals surface area contributed by atoms with E-state index in [1.165, 1.54) is 11.8 Å². The number of thioether (sulfide) groups is 1. The minimum absolute atomic E-state index is 0.0201. The standard InChI is InChI=1S/C11H18N2O3S/c1-12-4-2-8(3-5-12)10(14)13-7-17-6-9(13)11(15)16/h8-9H,2-7H2,1H3,(H,15,16)/t9-/m0/s1. The number of carboxylic acids is 1. The normalized spacial score (nSPS) is 27.4. The number of piperidine rings is 1. The Morgan fingerprint density at radius 3 is 2.53 bits per heavy atom. The molecule has 2 rings (SSSR count). The SMILES string of the molecule is CN1CCC(C(=O)N2CSC[C@H]2C(=O)O)CC1. The van der Waals surface area contributed by atoms with Crippen molar-refractivity contribution in [1.82, 2.24) is 9.80 Å². The smallest absolute Gasteiger partial charge is 0.327 e. The molecule has 0 aliphatic carbocycles. The average Bonchev–Trinajstić information content (AvgIpc) is 2.78. The third-order valence-electron chi connectivity index (χ3n) is 3.52. The van der Waals surface area contributed by atoms with Gasteiger partial charge >= 0.3 is 5.97 Å². The minimum Gasteiger partial charge on any atom is -0.480 e. The lowest BCUT2D eigenvalue weighted by molar-refractivity contribution is -0.150. The van der Waals surface area contributed by atoms with Crippen LogP contribution in [0.3, 0.4) is 0 Å². The maximum atomic E-state index is 12.3. The van der Waals surface area contributed by atoms with E-state index in [1.807, 2.05) is 7.05 Å². The van der Waals surface area contributed by atoms with E-state index in [9.17, 15) is 9.59 Å². The van der Waals surface area contributed by atoms with E-state index < -0.39 is 12.0 Å². The van der Waals surface area contributed by atoms with Crippen LogP contribution in [-0.4, -0.2) is 64.6 Å². The molecule has 2 heterocycles. The molecule has 2 aliphatic heterocycles. The van der Waals surface area contributed by atoms with Crippen LogP contribution in [0.5, 0.6) is 0 Å². The first-order chi connectivity index (χ1) is 8.09. The van der Waals surface area contributed by atoms with E-state index >= 15 is 0 Å². The molecular weight excluding hydrogens is 240 g/mol. The fraction of sp³-hybridized carbons (Fsp3) is 0.818. The summed E-state index contributed by atoms with van der Waals surface area (Å²) in [4.78, 5) is 27.0. The first kappa shape index (κ1) is 12.7. The van der Waals surface area contributed by atoms with Crippen molar-refractivity contribution in [2.75, 3.05) is 31.8 Å². The lowest BCUT2D eigenvalue weighted by atomic mass is 9.95. The average molecular weight is 258 g/mol. The minimum atomic E-state index is -0.878. The Hall–Kier alpha value is -0.750. The third-order valence-corrected chi connectivity index (χ3v) is 4.53. The molecule has 6 heteroatoms. The van der Waals surface area contributed by atoms with E-state index in [0.29, 0.717) is 11.6 Å². The maximum Gasteiger partial charge on any atom is 0.327 e. The van der Waals surface area contributed by atoms with Crippen LogP contribution in [0.4, 0.5) is 0 Å². The number of carboxylic acid groups (broad SMARTS) is 1. The first-order valence-electron chi connectivity index (χ1n) is 5.89. The Kier molecular flexibility index (Phi) is 3.93. The Bertz CT molecular complexity index is 316. The summed E-state index contributed by atoms with van der Waals surface area (Å²) >= 11 is 1.53. The predicted molar refractivity (Wildman–Crippen MR) is 65.8 cm³/mol. The molecule has 0 unspecified atom stereocenters. The van der Waals surface area contributed by atoms with Gasteiger partial charge in [0.05, 0.1) is 5.88 Å². The van der Waals surface area contributed by atoms with E-state index in [1.54, 1.807) is 4.90 Å². The summed E-state index contributed by atoms with van der Waals surface area (Å²) in [6, 6.07) is -0.618. The fourth-order valence-corrected chi connectivity index (χ4v) is 3.51. The van der Waals surface area contributed by atoms with E-state index in [0.717, 1.165) is 25.9 Å². The van der Waals surface area contributed by atoms with E-state index in [-0.39, 0.29) is 11.8 Å². The molecule has 0 aromatic rings. The molecule has 2 fully saturated rings. The van der Waals surface area contributed by atoms with Gasteiger partial charge in [-0.3, -0.25) is 4.79 Å². The van der Waals surface area contributed by atoms with Gasteiger partial charge in [-0.2, -0.15) is 0 Å². The van der Waals surface area contributed by atoms with Crippen molar-refractivity contribution in [2.24, 2.45) is 5.92 Å². The molecule has 5 nitrogen and oxygen atoms in total. The van der Waals surface area contributed by atoms with E-state index in [4.69, 9.17) is 5.11 Å². The quantitative estimate of drug-likeness (QED) is 0.772. The van der Waals surface area contributed by atoms with E-state index in [2.05, 4.69) is 4.90 Å². The highest BCUT2D eigenvalue weighted by Crippen LogP contribution is 2.26. The van der Waals surface area contributed by atoms with Crippen LogP contribution in [0.2, 0.25) is 0 Å². The molecule has 0 saturated carbocycles. The van der Waals surface area contributed by atoms with Gasteiger partial charge < -0.3 is 14.9 Å². The molecule has 1 atom stereocenters. The molecule has 1 N–H and O–H groups in total. The van der Waals surface area contributed by atoms with Crippen molar-refractivity contribution >= 4 is 23.6 Å². The molecule has 1 amide bonds. The zero-order valence-electron chi connectivity index (χ0n) is 9.96. The highest BCUT2D eigenvalue weighted by molar-refractivity contribution is 7.99. The second kappa shape index (κ2) is 5.27. The van der Waals surface area contributed by atoms with Crippen molar-refractivity contribution in [3.05, 3.63) is 0 Å². The fourth-order valence-electron chi connectivity index (χ4n) is 2.35. The Morgan fingerprint density at radius 1 is 1.29 bits per heavy atom. The van der Waals surface area contributed by atoms with Gasteiger partial charge in [-0.15, -0.1) is 11.8 Å². The monoisotopic (exact) mass is 258 g/mol. The molecule has 0 aromatic carbocycles. The lowest BCUT2D eigenvalue weighted by Crippen LogP contribution is -2.46. The summed E-state index contributed by atoms with van der Waals surface area (Å²) in [5, 5.41) is 9.06. The van der Waals surface area contributed by atoms with Crippen molar-refractivity contribution in [3.8, 4) is 0 Å². The second-order valence-corrected chi connectivity index (χ2v) is 5.74. The number of aliphatic carboxylic acids is 1. The van der Waals surface area contributed by atoms with Gasteiger partial charge in [0.25, 0.3) is 0 Å². The summed E-state index contributed by atoms with van der Waals surface area (Å²) in [5.41, 5.74) is 0. The molecule has 2 saturated heterocycles. The topological polar surface area (TPSA) is 60.9 Å². The summed E-state index contributed by atoms with van der Waals surface area (Å²) < 4.78 is 0. The molecule has 17 heavy (non-hydrogen) atoms. The zero-order chi connectivity index (χ0) is 12.4. The van der Waals surface area contributed by atoms with Gasteiger partial charge in [0.15, 0.2) is 0 Å². The zero-order valence-corrected chi connectivity index (χ0v) is 10.8. The van der Waals surface area contributed by atoms with Gasteiger partial charge in [-0.1, -0.05) is 0 Å². The molecule has 0 radical (unpaired) electrons. The van der Waals surface area contributed by atoms with Gasteiger partial charge in [-0.05, 0) is 33.0 Å². The van der Waals surface area contributed by atoms with Crippen LogP contribution < -0.4 is 0 Å². The number of amides is 1. The third kappa shape index (κ3) is 2.74. The molecule has 0 aromatic heterocycles. The molecule has 0 spiro atoms. The van der Waals surface area contributed by atoms with Crippen LogP contribution in [0.25, 0.3) is 0 Å². The summed E-state index contributed by atoms with van der Waals surface area (Å²) in [6.45, 7) is 1.85. The van der Waals surface area contributed by atoms with Crippen LogP contribution in [0.15, 0.2) is 0 Å². The summed E-state index contributed by atoms with van der Waals surface area (Å²) in [7, 11) is 2.05. The molecule has 0 bridgehead atoms. The predicted octanol–water partition coefficient (Wildman–Crippen LogP) is 0.314. The summed E-state index contributed by atoms with van der Waals surface area (Å²) in [5.74, 6) is 0.231. The van der Waals surface area contributed by atoms with Crippen molar-refractivity contribution in [2.45, 2.75) is 18.9 Å². The number of carbonyl (C=O) groups excluding carboxylic acids is 1. The van der Waals surface area contributed by atoms with Crippen LogP contribution >= 0.6 is 11.8 Å². The number of rotatable bonds is 2. The largest absolute Gasteiger partial charge is 0.480 e. The molecular formula is C11H18N2O3S. The van der Waals surface area contributed by atoms with Crippen molar-refractivity contribution in [1.29, 1.82) is 0 Å². The van der Waals surface area contributed by atoms with Gasteiger partial charge in [0.1, 0.15) is 6.04 Å². The maximum absolute atomic E-state index is 12.3. The number of nitrogens with zero attached hydrogens (tertiary/aromatic N) is 2. The first-order valence-corrected chi connectivity index (χ1v) is 7.04. The number of hydrogen-bond donors (Lipinski definition) is 1. The Morgan fingerprint density at radius 2 is 1.94 bits per heavy atom. The van der Waals surface area contributed by atoms with Crippen LogP contribution in [0, 0.1) is 5.92 Å². The van der Waals surface area contributed by atoms with Crippen molar-refractivity contribution in [3.63, 3.8) is 0 Å². The highest BCUT2D eigenvalue weighted by Gasteiger charge is 2.38. The molecule has 96 valence electrons. The Balaban J connectivity index is 1.97. The highest BCUT2D eigenvalue weighted by atomic mass is 32.2. The number of hydrogen-bond acceptors (Lipinski definition) is 4. The number of likely N-dealkylation sites (tertiary alicyclic amines) is 1. The van der Waals surface area contributed by atoms with Crippen LogP contribution in [-0.2, 0) is 9.59 Å². The van der Waals surface area contributed by atoms with Gasteiger partial charge in [0, 0.05) is 11.7 Å². The molecule has 2 aliphatic rings. The second-order valence-electron chi connectivity index (χ2n) is 4.74. The summed E-state index contributed by atoms with van der Waals surface area (Å²) in [6.07, 6.45) is 1.70.